The maximum atomic E-state index is 14.5. The van der Waals surface area contributed by atoms with Gasteiger partial charge < -0.3 is 4.74 Å². The third-order valence-corrected chi connectivity index (χ3v) is 4.17. The van der Waals surface area contributed by atoms with Crippen molar-refractivity contribution in [2.45, 2.75) is 26.4 Å². The summed E-state index contributed by atoms with van der Waals surface area (Å²) in [6, 6.07) is 4.38. The van der Waals surface area contributed by atoms with E-state index in [1.165, 1.54) is 0 Å². The Hall–Kier alpha value is -2.77. The van der Waals surface area contributed by atoms with Crippen molar-refractivity contribution in [1.29, 1.82) is 0 Å². The van der Waals surface area contributed by atoms with E-state index in [1.807, 2.05) is 6.92 Å². The van der Waals surface area contributed by atoms with Crippen LogP contribution in [0.2, 0.25) is 0 Å². The van der Waals surface area contributed by atoms with Gasteiger partial charge in [-0.15, -0.1) is 0 Å². The molecule has 0 spiro atoms. The van der Waals surface area contributed by atoms with Crippen molar-refractivity contribution < 1.29 is 35.5 Å². The van der Waals surface area contributed by atoms with Crippen LogP contribution in [0.4, 0.5) is 30.7 Å². The standard InChI is InChI=1S/C20H13F7O/c1-2-3-9-4-12(21)16(13(22)5-9)10-6-11-8-15(24)19(28-20(26)27)18(25)17(11)14(23)7-10/h4-8,20H,2-3H2,1H3. The average molecular weight is 402 g/mol. The molecule has 0 unspecified atom stereocenters. The Labute approximate surface area is 155 Å². The van der Waals surface area contributed by atoms with Gasteiger partial charge in [-0.05, 0) is 53.3 Å². The molecule has 1 nitrogen and oxygen atoms in total. The first kappa shape index (κ1) is 20.0. The van der Waals surface area contributed by atoms with Gasteiger partial charge in [0.05, 0.1) is 10.9 Å². The first-order valence-electron chi connectivity index (χ1n) is 8.27. The van der Waals surface area contributed by atoms with E-state index in [2.05, 4.69) is 4.74 Å². The summed E-state index contributed by atoms with van der Waals surface area (Å²) < 4.78 is 99.9. The van der Waals surface area contributed by atoms with E-state index in [4.69, 9.17) is 0 Å². The van der Waals surface area contributed by atoms with E-state index >= 15 is 0 Å². The number of aryl methyl sites for hydroxylation is 1. The maximum Gasteiger partial charge on any atom is 0.387 e. The number of fused-ring (bicyclic) bond motifs is 1. The Bertz CT molecular complexity index is 1020. The highest BCUT2D eigenvalue weighted by atomic mass is 19.3. The van der Waals surface area contributed by atoms with Gasteiger partial charge in [0.15, 0.2) is 17.4 Å². The molecular weight excluding hydrogens is 389 g/mol. The molecule has 0 atom stereocenters. The van der Waals surface area contributed by atoms with E-state index in [0.29, 0.717) is 30.5 Å². The maximum absolute atomic E-state index is 14.5. The molecule has 0 bridgehead atoms. The fourth-order valence-electron chi connectivity index (χ4n) is 3.07. The molecule has 0 aliphatic carbocycles. The fraction of sp³-hybridized carbons (Fsp3) is 0.200. The number of benzene rings is 3. The van der Waals surface area contributed by atoms with Crippen molar-refractivity contribution in [2.75, 3.05) is 0 Å². The van der Waals surface area contributed by atoms with Gasteiger partial charge in [-0.1, -0.05) is 13.3 Å². The highest BCUT2D eigenvalue weighted by molar-refractivity contribution is 5.90. The van der Waals surface area contributed by atoms with E-state index in [-0.39, 0.29) is 5.56 Å². The zero-order valence-electron chi connectivity index (χ0n) is 14.4. The highest BCUT2D eigenvalue weighted by Gasteiger charge is 2.23. The molecule has 0 aromatic heterocycles. The van der Waals surface area contributed by atoms with Crippen LogP contribution in [0.5, 0.6) is 5.75 Å². The van der Waals surface area contributed by atoms with Crippen molar-refractivity contribution in [3.05, 3.63) is 65.0 Å². The van der Waals surface area contributed by atoms with Crippen LogP contribution in [0.1, 0.15) is 18.9 Å². The lowest BCUT2D eigenvalue weighted by Crippen LogP contribution is -2.06. The molecule has 148 valence electrons. The second-order valence-corrected chi connectivity index (χ2v) is 6.12. The summed E-state index contributed by atoms with van der Waals surface area (Å²) in [7, 11) is 0. The molecule has 3 aromatic carbocycles. The number of halogens is 7. The minimum Gasteiger partial charge on any atom is -0.429 e. The molecule has 3 rings (SSSR count). The third-order valence-electron chi connectivity index (χ3n) is 4.17. The van der Waals surface area contributed by atoms with Crippen molar-refractivity contribution in [2.24, 2.45) is 0 Å². The van der Waals surface area contributed by atoms with Gasteiger partial charge in [-0.25, -0.2) is 22.0 Å². The zero-order chi connectivity index (χ0) is 20.6. The van der Waals surface area contributed by atoms with Gasteiger partial charge in [0.25, 0.3) is 0 Å². The van der Waals surface area contributed by atoms with Gasteiger partial charge in [-0.3, -0.25) is 0 Å². The monoisotopic (exact) mass is 402 g/mol. The van der Waals surface area contributed by atoms with Crippen LogP contribution in [0.15, 0.2) is 30.3 Å². The molecule has 0 fully saturated rings. The van der Waals surface area contributed by atoms with E-state index in [1.54, 1.807) is 0 Å². The molecule has 0 aliphatic rings. The predicted molar refractivity (Wildman–Crippen MR) is 89.8 cm³/mol. The molecular formula is C20H13F7O. The molecule has 0 N–H and O–H groups in total. The number of rotatable bonds is 5. The van der Waals surface area contributed by atoms with E-state index in [0.717, 1.165) is 18.2 Å². The van der Waals surface area contributed by atoms with Crippen LogP contribution in [0.25, 0.3) is 21.9 Å². The van der Waals surface area contributed by atoms with Crippen molar-refractivity contribution in [3.8, 4) is 16.9 Å². The third kappa shape index (κ3) is 3.63. The van der Waals surface area contributed by atoms with Gasteiger partial charge in [0, 0.05) is 0 Å². The Kier molecular flexibility index (Phi) is 5.49. The summed E-state index contributed by atoms with van der Waals surface area (Å²) in [5.41, 5.74) is -0.438. The number of hydrogen-bond donors (Lipinski definition) is 0. The molecule has 8 heteroatoms. The molecule has 3 aromatic rings. The van der Waals surface area contributed by atoms with Gasteiger partial charge in [-0.2, -0.15) is 8.78 Å². The summed E-state index contributed by atoms with van der Waals surface area (Å²) in [6.45, 7) is -1.69. The average Bonchev–Trinajstić information content (AvgIpc) is 2.57. The van der Waals surface area contributed by atoms with E-state index in [9.17, 15) is 30.7 Å². The van der Waals surface area contributed by atoms with Crippen LogP contribution < -0.4 is 4.74 Å². The molecule has 0 saturated heterocycles. The normalized spacial score (nSPS) is 11.5. The van der Waals surface area contributed by atoms with Crippen molar-refractivity contribution >= 4 is 10.8 Å². The van der Waals surface area contributed by atoms with E-state index < -0.39 is 57.8 Å². The summed E-state index contributed by atoms with van der Waals surface area (Å²) in [5, 5.41) is -1.23. The van der Waals surface area contributed by atoms with Gasteiger partial charge in [0.1, 0.15) is 17.5 Å². The number of ether oxygens (including phenoxy) is 1. The molecule has 0 heterocycles. The van der Waals surface area contributed by atoms with Crippen LogP contribution in [-0.4, -0.2) is 6.61 Å². The smallest absolute Gasteiger partial charge is 0.387 e. The summed E-state index contributed by atoms with van der Waals surface area (Å²) in [5.74, 6) is -7.82. The topological polar surface area (TPSA) is 9.23 Å². The lowest BCUT2D eigenvalue weighted by atomic mass is 9.97. The van der Waals surface area contributed by atoms with Gasteiger partial charge >= 0.3 is 6.61 Å². The second-order valence-electron chi connectivity index (χ2n) is 6.12. The Balaban J connectivity index is 2.21. The van der Waals surface area contributed by atoms with Crippen molar-refractivity contribution in [1.82, 2.24) is 0 Å². The summed E-state index contributed by atoms with van der Waals surface area (Å²) >= 11 is 0. The molecule has 0 amide bonds. The summed E-state index contributed by atoms with van der Waals surface area (Å²) in [4.78, 5) is 0. The summed E-state index contributed by atoms with van der Waals surface area (Å²) in [6.07, 6.45) is 1.09. The fourth-order valence-corrected chi connectivity index (χ4v) is 3.07. The first-order valence-corrected chi connectivity index (χ1v) is 8.27. The largest absolute Gasteiger partial charge is 0.429 e. The molecule has 0 aliphatic heterocycles. The minimum atomic E-state index is -3.52. The SMILES string of the molecule is CCCc1cc(F)c(-c2cc(F)c3c(F)c(OC(F)F)c(F)cc3c2)c(F)c1. The highest BCUT2D eigenvalue weighted by Crippen LogP contribution is 2.36. The molecule has 0 radical (unpaired) electrons. The Morgan fingerprint density at radius 2 is 1.46 bits per heavy atom. The quantitative estimate of drug-likeness (QED) is 0.429. The minimum absolute atomic E-state index is 0.288. The Morgan fingerprint density at radius 3 is 2.04 bits per heavy atom. The lowest BCUT2D eigenvalue weighted by Gasteiger charge is -2.13. The van der Waals surface area contributed by atoms with Gasteiger partial charge in [0.2, 0.25) is 0 Å². The second kappa shape index (κ2) is 7.69. The van der Waals surface area contributed by atoms with Crippen molar-refractivity contribution in [3.63, 3.8) is 0 Å². The van der Waals surface area contributed by atoms with Crippen LogP contribution in [0.3, 0.4) is 0 Å². The molecule has 28 heavy (non-hydrogen) atoms. The molecule has 0 saturated carbocycles. The first-order chi connectivity index (χ1) is 13.2. The number of alkyl halides is 2. The van der Waals surface area contributed by atoms with Crippen LogP contribution in [0, 0.1) is 29.1 Å². The lowest BCUT2D eigenvalue weighted by molar-refractivity contribution is -0.0544. The number of hydrogen-bond acceptors (Lipinski definition) is 1. The zero-order valence-corrected chi connectivity index (χ0v) is 14.4. The Morgan fingerprint density at radius 1 is 0.821 bits per heavy atom. The predicted octanol–water partition coefficient (Wildman–Crippen LogP) is 6.76. The van der Waals surface area contributed by atoms with Crippen LogP contribution in [-0.2, 0) is 6.42 Å². The van der Waals surface area contributed by atoms with Crippen LogP contribution >= 0.6 is 0 Å².